The van der Waals surface area contributed by atoms with Crippen LogP contribution >= 0.6 is 0 Å². The lowest BCUT2D eigenvalue weighted by molar-refractivity contribution is 0.174. The van der Waals surface area contributed by atoms with Crippen LogP contribution in [0.1, 0.15) is 36.1 Å². The first-order valence-corrected chi connectivity index (χ1v) is 5.87. The van der Waals surface area contributed by atoms with Gasteiger partial charge in [-0.2, -0.15) is 0 Å². The Kier molecular flexibility index (Phi) is 4.97. The summed E-state index contributed by atoms with van der Waals surface area (Å²) in [5.41, 5.74) is 10.1. The second-order valence-electron chi connectivity index (χ2n) is 4.71. The van der Waals surface area contributed by atoms with E-state index in [0.29, 0.717) is 5.92 Å². The Bertz CT molecular complexity index is 315. The average molecular weight is 221 g/mol. The van der Waals surface area contributed by atoms with Crippen molar-refractivity contribution < 1.29 is 4.74 Å². The largest absolute Gasteiger partial charge is 0.385 e. The Balaban J connectivity index is 2.74. The summed E-state index contributed by atoms with van der Waals surface area (Å²) in [6, 6.07) is 6.64. The Morgan fingerprint density at radius 2 is 1.75 bits per heavy atom. The van der Waals surface area contributed by atoms with Crippen LogP contribution in [0.2, 0.25) is 0 Å². The summed E-state index contributed by atoms with van der Waals surface area (Å²) < 4.78 is 5.09. The first-order valence-electron chi connectivity index (χ1n) is 5.87. The fraction of sp³-hybridized carbons (Fsp3) is 0.571. The number of rotatable bonds is 5. The topological polar surface area (TPSA) is 35.2 Å². The van der Waals surface area contributed by atoms with Crippen LogP contribution in [0.25, 0.3) is 0 Å². The Labute approximate surface area is 98.8 Å². The second kappa shape index (κ2) is 6.02. The van der Waals surface area contributed by atoms with Crippen LogP contribution in [0.15, 0.2) is 18.2 Å². The summed E-state index contributed by atoms with van der Waals surface area (Å²) in [4.78, 5) is 0. The van der Waals surface area contributed by atoms with E-state index >= 15 is 0 Å². The zero-order chi connectivity index (χ0) is 12.1. The van der Waals surface area contributed by atoms with Crippen molar-refractivity contribution in [3.63, 3.8) is 0 Å². The van der Waals surface area contributed by atoms with Crippen molar-refractivity contribution in [3.05, 3.63) is 34.9 Å². The Morgan fingerprint density at radius 1 is 1.19 bits per heavy atom. The third kappa shape index (κ3) is 3.62. The third-order valence-corrected chi connectivity index (χ3v) is 3.02. The van der Waals surface area contributed by atoms with Gasteiger partial charge in [0.05, 0.1) is 0 Å². The van der Waals surface area contributed by atoms with Crippen molar-refractivity contribution in [3.8, 4) is 0 Å². The number of hydrogen-bond donors (Lipinski definition) is 1. The zero-order valence-corrected chi connectivity index (χ0v) is 10.8. The summed E-state index contributed by atoms with van der Waals surface area (Å²) >= 11 is 0. The van der Waals surface area contributed by atoms with Gasteiger partial charge in [-0.25, -0.2) is 0 Å². The van der Waals surface area contributed by atoms with Gasteiger partial charge in [0, 0.05) is 19.8 Å². The molecule has 2 nitrogen and oxygen atoms in total. The molecule has 1 aromatic rings. The molecule has 0 amide bonds. The maximum absolute atomic E-state index is 6.26. The highest BCUT2D eigenvalue weighted by molar-refractivity contribution is 5.30. The van der Waals surface area contributed by atoms with Crippen LogP contribution in [-0.4, -0.2) is 13.7 Å². The van der Waals surface area contributed by atoms with Gasteiger partial charge in [0.1, 0.15) is 0 Å². The van der Waals surface area contributed by atoms with Crippen LogP contribution in [0.3, 0.4) is 0 Å². The lowest BCUT2D eigenvalue weighted by Gasteiger charge is -2.21. The number of aryl methyl sites for hydroxylation is 2. The molecule has 0 radical (unpaired) electrons. The highest BCUT2D eigenvalue weighted by Gasteiger charge is 2.15. The molecule has 0 spiro atoms. The molecule has 90 valence electrons. The number of nitrogens with two attached hydrogens (primary N) is 1. The maximum Gasteiger partial charge on any atom is 0.0465 e. The van der Waals surface area contributed by atoms with E-state index in [1.807, 2.05) is 0 Å². The van der Waals surface area contributed by atoms with E-state index in [1.165, 1.54) is 16.7 Å². The quantitative estimate of drug-likeness (QED) is 0.829. The minimum Gasteiger partial charge on any atom is -0.385 e. The molecule has 1 aromatic carbocycles. The van der Waals surface area contributed by atoms with Crippen molar-refractivity contribution in [2.75, 3.05) is 13.7 Å². The van der Waals surface area contributed by atoms with E-state index in [9.17, 15) is 0 Å². The summed E-state index contributed by atoms with van der Waals surface area (Å²) in [6.07, 6.45) is 1.00. The minimum atomic E-state index is 0.105. The van der Waals surface area contributed by atoms with E-state index in [-0.39, 0.29) is 6.04 Å². The highest BCUT2D eigenvalue weighted by Crippen LogP contribution is 2.23. The molecule has 0 fully saturated rings. The third-order valence-electron chi connectivity index (χ3n) is 3.02. The number of benzene rings is 1. The van der Waals surface area contributed by atoms with Crippen LogP contribution < -0.4 is 5.73 Å². The van der Waals surface area contributed by atoms with Gasteiger partial charge in [-0.15, -0.1) is 0 Å². The molecule has 0 saturated heterocycles. The van der Waals surface area contributed by atoms with E-state index in [0.717, 1.165) is 13.0 Å². The van der Waals surface area contributed by atoms with Gasteiger partial charge in [0.25, 0.3) is 0 Å². The van der Waals surface area contributed by atoms with Gasteiger partial charge in [-0.3, -0.25) is 0 Å². The van der Waals surface area contributed by atoms with Crippen LogP contribution in [0.5, 0.6) is 0 Å². The second-order valence-corrected chi connectivity index (χ2v) is 4.71. The van der Waals surface area contributed by atoms with Crippen LogP contribution in [0.4, 0.5) is 0 Å². The molecule has 2 heteroatoms. The first kappa shape index (κ1) is 13.2. The molecule has 2 unspecified atom stereocenters. The molecule has 0 heterocycles. The smallest absolute Gasteiger partial charge is 0.0465 e. The van der Waals surface area contributed by atoms with Gasteiger partial charge < -0.3 is 10.5 Å². The van der Waals surface area contributed by atoms with Gasteiger partial charge in [0.2, 0.25) is 0 Å². The fourth-order valence-corrected chi connectivity index (χ4v) is 2.01. The zero-order valence-electron chi connectivity index (χ0n) is 10.8. The Hall–Kier alpha value is -0.860. The predicted molar refractivity (Wildman–Crippen MR) is 68.5 cm³/mol. The number of ether oxygens (including phenoxy) is 1. The summed E-state index contributed by atoms with van der Waals surface area (Å²) in [5.74, 6) is 0.446. The van der Waals surface area contributed by atoms with E-state index in [4.69, 9.17) is 10.5 Å². The molecule has 1 rings (SSSR count). The van der Waals surface area contributed by atoms with Crippen molar-refractivity contribution >= 4 is 0 Å². The molecule has 0 aliphatic carbocycles. The summed E-state index contributed by atoms with van der Waals surface area (Å²) in [7, 11) is 1.73. The van der Waals surface area contributed by atoms with E-state index in [1.54, 1.807) is 7.11 Å². The SMILES string of the molecule is COCCC(C)C(N)c1cc(C)cc(C)c1. The first-order chi connectivity index (χ1) is 7.54. The molecular formula is C14H23NO. The molecule has 16 heavy (non-hydrogen) atoms. The van der Waals surface area contributed by atoms with Gasteiger partial charge >= 0.3 is 0 Å². The lowest BCUT2D eigenvalue weighted by atomic mass is 9.91. The molecule has 2 N–H and O–H groups in total. The molecule has 0 aliphatic rings. The minimum absolute atomic E-state index is 0.105. The Morgan fingerprint density at radius 3 is 2.25 bits per heavy atom. The normalized spacial score (nSPS) is 14.8. The van der Waals surface area contributed by atoms with Crippen molar-refractivity contribution in [1.82, 2.24) is 0 Å². The molecular weight excluding hydrogens is 198 g/mol. The van der Waals surface area contributed by atoms with Gasteiger partial charge in [0.15, 0.2) is 0 Å². The fourth-order valence-electron chi connectivity index (χ4n) is 2.01. The van der Waals surface area contributed by atoms with Crippen molar-refractivity contribution in [1.29, 1.82) is 0 Å². The van der Waals surface area contributed by atoms with Crippen molar-refractivity contribution in [2.45, 2.75) is 33.2 Å². The standard InChI is InChI=1S/C14H23NO/c1-10-7-11(2)9-13(8-10)14(15)12(3)5-6-16-4/h7-9,12,14H,5-6,15H2,1-4H3. The highest BCUT2D eigenvalue weighted by atomic mass is 16.5. The summed E-state index contributed by atoms with van der Waals surface area (Å²) in [6.45, 7) is 7.19. The van der Waals surface area contributed by atoms with Gasteiger partial charge in [-0.05, 0) is 31.7 Å². The predicted octanol–water partition coefficient (Wildman–Crippen LogP) is 2.98. The van der Waals surface area contributed by atoms with Crippen LogP contribution in [-0.2, 0) is 4.74 Å². The van der Waals surface area contributed by atoms with E-state index < -0.39 is 0 Å². The lowest BCUT2D eigenvalue weighted by Crippen LogP contribution is -2.20. The molecule has 0 saturated carbocycles. The molecule has 0 aromatic heterocycles. The molecule has 0 aliphatic heterocycles. The van der Waals surface area contributed by atoms with E-state index in [2.05, 4.69) is 39.0 Å². The maximum atomic E-state index is 6.26. The monoisotopic (exact) mass is 221 g/mol. The summed E-state index contributed by atoms with van der Waals surface area (Å²) in [5, 5.41) is 0. The molecule has 0 bridgehead atoms. The average Bonchev–Trinajstić information content (AvgIpc) is 2.23. The van der Waals surface area contributed by atoms with Crippen LogP contribution in [0, 0.1) is 19.8 Å². The van der Waals surface area contributed by atoms with Gasteiger partial charge in [-0.1, -0.05) is 36.2 Å². The number of hydrogen-bond acceptors (Lipinski definition) is 2. The number of methoxy groups -OCH3 is 1. The molecule has 2 atom stereocenters. The van der Waals surface area contributed by atoms with Crippen molar-refractivity contribution in [2.24, 2.45) is 11.7 Å².